The fourth-order valence-electron chi connectivity index (χ4n) is 1.99. The van der Waals surface area contributed by atoms with E-state index in [0.29, 0.717) is 10.6 Å². The van der Waals surface area contributed by atoms with Crippen LogP contribution < -0.4 is 10.1 Å². The highest BCUT2D eigenvalue weighted by molar-refractivity contribution is 6.35. The average Bonchev–Trinajstić information content (AvgIpc) is 2.49. The maximum atomic E-state index is 12.3. The number of halogens is 4. The Kier molecular flexibility index (Phi) is 5.80. The Bertz CT molecular complexity index is 710. The van der Waals surface area contributed by atoms with Crippen LogP contribution in [0.4, 0.5) is 8.78 Å². The number of rotatable bonds is 5. The molecule has 2 rings (SSSR count). The standard InChI is InChI=1S/C16H13Cl2F2NO2/c1-9(10-3-2-4-12(7-10)23-16(19)20)21-15(22)13-8-11(17)5-6-14(13)18/h2-9,16H,1H3,(H,21,22). The van der Waals surface area contributed by atoms with E-state index in [4.69, 9.17) is 23.2 Å². The second-order valence-electron chi connectivity index (χ2n) is 4.77. The van der Waals surface area contributed by atoms with Gasteiger partial charge in [-0.25, -0.2) is 0 Å². The van der Waals surface area contributed by atoms with E-state index >= 15 is 0 Å². The Morgan fingerprint density at radius 2 is 1.91 bits per heavy atom. The number of amides is 1. The minimum absolute atomic E-state index is 0.0272. The van der Waals surface area contributed by atoms with Crippen molar-refractivity contribution >= 4 is 29.1 Å². The third-order valence-corrected chi connectivity index (χ3v) is 3.67. The summed E-state index contributed by atoms with van der Waals surface area (Å²) in [5.74, 6) is -0.385. The van der Waals surface area contributed by atoms with Crippen molar-refractivity contribution in [1.29, 1.82) is 0 Å². The maximum absolute atomic E-state index is 12.3. The first-order valence-corrected chi connectivity index (χ1v) is 7.43. The van der Waals surface area contributed by atoms with Crippen molar-refractivity contribution < 1.29 is 18.3 Å². The van der Waals surface area contributed by atoms with Crippen LogP contribution in [-0.4, -0.2) is 12.5 Å². The number of benzene rings is 2. The molecule has 1 atom stereocenters. The molecule has 0 aliphatic heterocycles. The molecule has 0 radical (unpaired) electrons. The van der Waals surface area contributed by atoms with E-state index in [9.17, 15) is 13.6 Å². The molecule has 1 N–H and O–H groups in total. The Balaban J connectivity index is 2.13. The SMILES string of the molecule is CC(NC(=O)c1cc(Cl)ccc1Cl)c1cccc(OC(F)F)c1. The third kappa shape index (κ3) is 4.81. The summed E-state index contributed by atoms with van der Waals surface area (Å²) in [4.78, 5) is 12.3. The van der Waals surface area contributed by atoms with Crippen molar-refractivity contribution in [3.8, 4) is 5.75 Å². The Labute approximate surface area is 142 Å². The van der Waals surface area contributed by atoms with Crippen LogP contribution in [0.25, 0.3) is 0 Å². The summed E-state index contributed by atoms with van der Waals surface area (Å²) < 4.78 is 28.8. The molecule has 1 unspecified atom stereocenters. The predicted molar refractivity (Wildman–Crippen MR) is 85.4 cm³/mol. The highest BCUT2D eigenvalue weighted by Crippen LogP contribution is 2.23. The third-order valence-electron chi connectivity index (χ3n) is 3.10. The molecule has 0 saturated heterocycles. The molecule has 0 heterocycles. The van der Waals surface area contributed by atoms with Crippen LogP contribution >= 0.6 is 23.2 Å². The van der Waals surface area contributed by atoms with Crippen LogP contribution in [0.15, 0.2) is 42.5 Å². The fraction of sp³-hybridized carbons (Fsp3) is 0.188. The van der Waals surface area contributed by atoms with Gasteiger partial charge < -0.3 is 10.1 Å². The Morgan fingerprint density at radius 1 is 1.17 bits per heavy atom. The Morgan fingerprint density at radius 3 is 2.61 bits per heavy atom. The molecule has 2 aromatic rings. The zero-order valence-corrected chi connectivity index (χ0v) is 13.5. The molecule has 7 heteroatoms. The van der Waals surface area contributed by atoms with Crippen molar-refractivity contribution in [1.82, 2.24) is 5.32 Å². The fourth-order valence-corrected chi connectivity index (χ4v) is 2.36. The number of carbonyl (C=O) groups is 1. The monoisotopic (exact) mass is 359 g/mol. The highest BCUT2D eigenvalue weighted by Gasteiger charge is 2.15. The molecule has 0 aliphatic rings. The second kappa shape index (κ2) is 7.62. The van der Waals surface area contributed by atoms with Gasteiger partial charge in [-0.3, -0.25) is 4.79 Å². The zero-order chi connectivity index (χ0) is 17.0. The molecule has 1 amide bonds. The predicted octanol–water partition coefficient (Wildman–Crippen LogP) is 5.09. The smallest absolute Gasteiger partial charge is 0.387 e. The molecule has 0 aliphatic carbocycles. The average molecular weight is 360 g/mol. The highest BCUT2D eigenvalue weighted by atomic mass is 35.5. The van der Waals surface area contributed by atoms with Gasteiger partial charge in [-0.2, -0.15) is 8.78 Å². The summed E-state index contributed by atoms with van der Waals surface area (Å²) in [7, 11) is 0. The van der Waals surface area contributed by atoms with E-state index in [-0.39, 0.29) is 16.3 Å². The minimum Gasteiger partial charge on any atom is -0.435 e. The maximum Gasteiger partial charge on any atom is 0.387 e. The lowest BCUT2D eigenvalue weighted by Gasteiger charge is -2.16. The first-order chi connectivity index (χ1) is 10.9. The molecule has 0 spiro atoms. The van der Waals surface area contributed by atoms with Crippen molar-refractivity contribution in [3.05, 3.63) is 63.6 Å². The normalized spacial score (nSPS) is 12.1. The van der Waals surface area contributed by atoms with Crippen LogP contribution in [0.3, 0.4) is 0 Å². The number of alkyl halides is 2. The number of ether oxygens (including phenoxy) is 1. The number of hydrogen-bond donors (Lipinski definition) is 1. The van der Waals surface area contributed by atoms with E-state index in [1.165, 1.54) is 24.3 Å². The lowest BCUT2D eigenvalue weighted by atomic mass is 10.1. The summed E-state index contributed by atoms with van der Waals surface area (Å²) in [5.41, 5.74) is 0.862. The lowest BCUT2D eigenvalue weighted by molar-refractivity contribution is -0.0499. The first kappa shape index (κ1) is 17.5. The van der Waals surface area contributed by atoms with Gasteiger partial charge in [-0.1, -0.05) is 35.3 Å². The number of hydrogen-bond acceptors (Lipinski definition) is 2. The van der Waals surface area contributed by atoms with Crippen molar-refractivity contribution in [2.75, 3.05) is 0 Å². The quantitative estimate of drug-likeness (QED) is 0.807. The van der Waals surface area contributed by atoms with Gasteiger partial charge >= 0.3 is 6.61 Å². The molecule has 2 aromatic carbocycles. The van der Waals surface area contributed by atoms with Crippen molar-refractivity contribution in [2.45, 2.75) is 19.6 Å². The topological polar surface area (TPSA) is 38.3 Å². The van der Waals surface area contributed by atoms with Gasteiger partial charge in [0.15, 0.2) is 0 Å². The molecule has 0 saturated carbocycles. The van der Waals surface area contributed by atoms with Crippen LogP contribution in [0.1, 0.15) is 28.9 Å². The molecule has 0 aromatic heterocycles. The minimum atomic E-state index is -2.90. The van der Waals surface area contributed by atoms with Crippen molar-refractivity contribution in [2.24, 2.45) is 0 Å². The molecule has 3 nitrogen and oxygen atoms in total. The number of nitrogens with one attached hydrogen (secondary N) is 1. The first-order valence-electron chi connectivity index (χ1n) is 6.67. The van der Waals surface area contributed by atoms with Gasteiger partial charge in [-0.15, -0.1) is 0 Å². The van der Waals surface area contributed by atoms with Gasteiger partial charge in [0, 0.05) is 5.02 Å². The molecule has 0 bridgehead atoms. The second-order valence-corrected chi connectivity index (χ2v) is 5.61. The van der Waals surface area contributed by atoms with Gasteiger partial charge in [0.25, 0.3) is 5.91 Å². The molecular weight excluding hydrogens is 347 g/mol. The van der Waals surface area contributed by atoms with Crippen LogP contribution in [0, 0.1) is 0 Å². The molecule has 23 heavy (non-hydrogen) atoms. The van der Waals surface area contributed by atoms with Gasteiger partial charge in [-0.05, 0) is 42.8 Å². The van der Waals surface area contributed by atoms with E-state index < -0.39 is 18.6 Å². The summed E-state index contributed by atoms with van der Waals surface area (Å²) >= 11 is 11.8. The van der Waals surface area contributed by atoms with E-state index in [2.05, 4.69) is 10.1 Å². The van der Waals surface area contributed by atoms with Gasteiger partial charge in [0.05, 0.1) is 16.6 Å². The van der Waals surface area contributed by atoms with E-state index in [1.807, 2.05) is 0 Å². The van der Waals surface area contributed by atoms with Gasteiger partial charge in [0.2, 0.25) is 0 Å². The lowest BCUT2D eigenvalue weighted by Crippen LogP contribution is -2.27. The summed E-state index contributed by atoms with van der Waals surface area (Å²) in [6.07, 6.45) is 0. The van der Waals surface area contributed by atoms with E-state index in [0.717, 1.165) is 0 Å². The number of carbonyl (C=O) groups excluding carboxylic acids is 1. The van der Waals surface area contributed by atoms with Crippen molar-refractivity contribution in [3.63, 3.8) is 0 Å². The van der Waals surface area contributed by atoms with Crippen LogP contribution in [0.5, 0.6) is 5.75 Å². The summed E-state index contributed by atoms with van der Waals surface area (Å²) in [5, 5.41) is 3.40. The summed E-state index contributed by atoms with van der Waals surface area (Å²) in [6.45, 7) is -1.18. The molecule has 122 valence electrons. The van der Waals surface area contributed by atoms with E-state index in [1.54, 1.807) is 25.1 Å². The zero-order valence-electron chi connectivity index (χ0n) is 12.0. The molecule has 0 fully saturated rings. The van der Waals surface area contributed by atoms with Crippen LogP contribution in [0.2, 0.25) is 10.0 Å². The molecular formula is C16H13Cl2F2NO2. The largest absolute Gasteiger partial charge is 0.435 e. The summed E-state index contributed by atoms with van der Waals surface area (Å²) in [6, 6.07) is 10.3. The Hall–Kier alpha value is -1.85. The van der Waals surface area contributed by atoms with Crippen LogP contribution in [-0.2, 0) is 0 Å². The van der Waals surface area contributed by atoms with Gasteiger partial charge in [0.1, 0.15) is 5.75 Å².